The Labute approximate surface area is 140 Å². The number of unbranched alkanes of at least 4 members (excludes halogenated alkanes) is 1. The van der Waals surface area contributed by atoms with Gasteiger partial charge in [0.2, 0.25) is 5.91 Å². The first kappa shape index (κ1) is 21.9. The molecule has 1 amide bonds. The van der Waals surface area contributed by atoms with Crippen molar-refractivity contribution < 1.29 is 14.7 Å². The standard InChI is InChI=1S/C17H35N3O3/c1-12(15(22)23)18-11-9-8-10-13(19-16(2,3)4)14(21)20-17(5,6)7/h12-13,18-19H,8-11H2,1-7H3,(H,20,21)(H,22,23)/t12-,13-/m0/s1. The molecule has 23 heavy (non-hydrogen) atoms. The number of aliphatic carboxylic acids is 1. The first-order valence-corrected chi connectivity index (χ1v) is 8.38. The molecule has 0 unspecified atom stereocenters. The number of hydrogen-bond donors (Lipinski definition) is 4. The Kier molecular flexibility index (Phi) is 8.77. The summed E-state index contributed by atoms with van der Waals surface area (Å²) in [5.74, 6) is -0.832. The molecule has 0 aliphatic carbocycles. The molecule has 0 aromatic rings. The quantitative estimate of drug-likeness (QED) is 0.485. The predicted molar refractivity (Wildman–Crippen MR) is 93.5 cm³/mol. The molecule has 0 fully saturated rings. The Balaban J connectivity index is 4.38. The second-order valence-corrected chi connectivity index (χ2v) is 8.20. The molecule has 0 saturated carbocycles. The predicted octanol–water partition coefficient (Wildman–Crippen LogP) is 1.89. The maximum Gasteiger partial charge on any atom is 0.320 e. The minimum absolute atomic E-state index is 0.0132. The van der Waals surface area contributed by atoms with E-state index in [2.05, 4.69) is 16.0 Å². The average molecular weight is 329 g/mol. The van der Waals surface area contributed by atoms with Crippen molar-refractivity contribution in [2.24, 2.45) is 0 Å². The number of carboxylic acid groups (broad SMARTS) is 1. The summed E-state index contributed by atoms with van der Waals surface area (Å²) in [5.41, 5.74) is -0.399. The van der Waals surface area contributed by atoms with Gasteiger partial charge in [0.15, 0.2) is 0 Å². The Bertz CT molecular complexity index is 384. The molecule has 0 aromatic heterocycles. The number of amides is 1. The van der Waals surface area contributed by atoms with Crippen LogP contribution in [0.25, 0.3) is 0 Å². The topological polar surface area (TPSA) is 90.5 Å². The zero-order valence-corrected chi connectivity index (χ0v) is 15.7. The van der Waals surface area contributed by atoms with Crippen LogP contribution in [-0.4, -0.2) is 46.7 Å². The van der Waals surface area contributed by atoms with Gasteiger partial charge >= 0.3 is 5.97 Å². The summed E-state index contributed by atoms with van der Waals surface area (Å²) in [6, 6.07) is -0.784. The van der Waals surface area contributed by atoms with E-state index in [4.69, 9.17) is 5.11 Å². The van der Waals surface area contributed by atoms with Crippen molar-refractivity contribution in [2.45, 2.75) is 90.9 Å². The second-order valence-electron chi connectivity index (χ2n) is 8.20. The average Bonchev–Trinajstić information content (AvgIpc) is 2.32. The van der Waals surface area contributed by atoms with Gasteiger partial charge in [0.05, 0.1) is 6.04 Å². The van der Waals surface area contributed by atoms with E-state index in [9.17, 15) is 9.59 Å². The summed E-state index contributed by atoms with van der Waals surface area (Å²) in [4.78, 5) is 23.2. The van der Waals surface area contributed by atoms with Crippen LogP contribution in [0.4, 0.5) is 0 Å². The largest absolute Gasteiger partial charge is 0.480 e. The van der Waals surface area contributed by atoms with E-state index in [0.29, 0.717) is 6.54 Å². The zero-order chi connectivity index (χ0) is 18.3. The van der Waals surface area contributed by atoms with E-state index in [-0.39, 0.29) is 23.0 Å². The molecule has 2 atom stereocenters. The highest BCUT2D eigenvalue weighted by Crippen LogP contribution is 2.10. The molecule has 0 saturated heterocycles. The molecule has 0 aromatic carbocycles. The van der Waals surface area contributed by atoms with Gasteiger partial charge < -0.3 is 21.1 Å². The highest BCUT2D eigenvalue weighted by Gasteiger charge is 2.26. The second kappa shape index (κ2) is 9.23. The Hall–Kier alpha value is -1.14. The normalized spacial score (nSPS) is 15.1. The van der Waals surface area contributed by atoms with Crippen molar-refractivity contribution in [1.82, 2.24) is 16.0 Å². The van der Waals surface area contributed by atoms with Crippen molar-refractivity contribution in [3.63, 3.8) is 0 Å². The van der Waals surface area contributed by atoms with Crippen LogP contribution in [0.5, 0.6) is 0 Å². The summed E-state index contributed by atoms with van der Waals surface area (Å²) in [7, 11) is 0. The summed E-state index contributed by atoms with van der Waals surface area (Å²) >= 11 is 0. The maximum atomic E-state index is 12.4. The van der Waals surface area contributed by atoms with Gasteiger partial charge in [-0.3, -0.25) is 9.59 Å². The van der Waals surface area contributed by atoms with Crippen LogP contribution >= 0.6 is 0 Å². The van der Waals surface area contributed by atoms with E-state index >= 15 is 0 Å². The molecular formula is C17H35N3O3. The Morgan fingerprint density at radius 3 is 2.00 bits per heavy atom. The maximum absolute atomic E-state index is 12.4. The number of rotatable bonds is 9. The molecule has 0 aliphatic rings. The van der Waals surface area contributed by atoms with Crippen LogP contribution in [0.1, 0.15) is 67.7 Å². The van der Waals surface area contributed by atoms with Crippen LogP contribution in [0.15, 0.2) is 0 Å². The van der Waals surface area contributed by atoms with E-state index in [1.807, 2.05) is 41.5 Å². The van der Waals surface area contributed by atoms with Gasteiger partial charge in [-0.2, -0.15) is 0 Å². The van der Waals surface area contributed by atoms with E-state index in [1.54, 1.807) is 6.92 Å². The fourth-order valence-electron chi connectivity index (χ4n) is 2.13. The molecule has 4 N–H and O–H groups in total. The van der Waals surface area contributed by atoms with Gasteiger partial charge in [0, 0.05) is 11.1 Å². The van der Waals surface area contributed by atoms with Gasteiger partial charge in [-0.25, -0.2) is 0 Å². The minimum Gasteiger partial charge on any atom is -0.480 e. The molecule has 0 heterocycles. The lowest BCUT2D eigenvalue weighted by Crippen LogP contribution is -2.55. The number of nitrogens with one attached hydrogen (secondary N) is 3. The fraction of sp³-hybridized carbons (Fsp3) is 0.882. The summed E-state index contributed by atoms with van der Waals surface area (Å²) < 4.78 is 0. The molecule has 0 bridgehead atoms. The number of carbonyl (C=O) groups excluding carboxylic acids is 1. The number of carboxylic acids is 1. The molecular weight excluding hydrogens is 294 g/mol. The first-order chi connectivity index (χ1) is 10.3. The molecule has 136 valence electrons. The van der Waals surface area contributed by atoms with Crippen molar-refractivity contribution in [3.05, 3.63) is 0 Å². The van der Waals surface area contributed by atoms with Crippen LogP contribution in [-0.2, 0) is 9.59 Å². The first-order valence-electron chi connectivity index (χ1n) is 8.38. The van der Waals surface area contributed by atoms with Crippen molar-refractivity contribution in [2.75, 3.05) is 6.54 Å². The third-order valence-corrected chi connectivity index (χ3v) is 3.16. The molecule has 0 aliphatic heterocycles. The van der Waals surface area contributed by atoms with Crippen LogP contribution in [0.3, 0.4) is 0 Å². The fourth-order valence-corrected chi connectivity index (χ4v) is 2.13. The van der Waals surface area contributed by atoms with Gasteiger partial charge in [-0.15, -0.1) is 0 Å². The molecule has 6 heteroatoms. The summed E-state index contributed by atoms with van der Waals surface area (Å²) in [5, 5.41) is 18.2. The summed E-state index contributed by atoms with van der Waals surface area (Å²) in [6.07, 6.45) is 2.41. The summed E-state index contributed by atoms with van der Waals surface area (Å²) in [6.45, 7) is 14.3. The molecule has 0 radical (unpaired) electrons. The van der Waals surface area contributed by atoms with Gasteiger partial charge in [-0.05, 0) is 67.9 Å². The van der Waals surface area contributed by atoms with Gasteiger partial charge in [-0.1, -0.05) is 6.42 Å². The third-order valence-electron chi connectivity index (χ3n) is 3.16. The molecule has 6 nitrogen and oxygen atoms in total. The number of hydrogen-bond acceptors (Lipinski definition) is 4. The van der Waals surface area contributed by atoms with Crippen LogP contribution in [0.2, 0.25) is 0 Å². The minimum atomic E-state index is -0.846. The van der Waals surface area contributed by atoms with Gasteiger partial charge in [0.1, 0.15) is 6.04 Å². The van der Waals surface area contributed by atoms with Crippen LogP contribution in [0, 0.1) is 0 Å². The highest BCUT2D eigenvalue weighted by atomic mass is 16.4. The molecule has 0 spiro atoms. The SMILES string of the molecule is C[C@H](NCCCC[C@H](NC(C)(C)C)C(=O)NC(C)(C)C)C(=O)O. The Morgan fingerprint density at radius 1 is 1.00 bits per heavy atom. The Morgan fingerprint density at radius 2 is 1.57 bits per heavy atom. The lowest BCUT2D eigenvalue weighted by molar-refractivity contribution is -0.139. The third kappa shape index (κ3) is 12.0. The zero-order valence-electron chi connectivity index (χ0n) is 15.7. The molecule has 0 rings (SSSR count). The van der Waals surface area contributed by atoms with Crippen molar-refractivity contribution in [1.29, 1.82) is 0 Å². The van der Waals surface area contributed by atoms with E-state index in [0.717, 1.165) is 19.3 Å². The monoisotopic (exact) mass is 329 g/mol. The number of carbonyl (C=O) groups is 2. The van der Waals surface area contributed by atoms with E-state index in [1.165, 1.54) is 0 Å². The van der Waals surface area contributed by atoms with Crippen LogP contribution < -0.4 is 16.0 Å². The lowest BCUT2D eigenvalue weighted by atomic mass is 10.0. The van der Waals surface area contributed by atoms with Crippen molar-refractivity contribution in [3.8, 4) is 0 Å². The smallest absolute Gasteiger partial charge is 0.320 e. The highest BCUT2D eigenvalue weighted by molar-refractivity contribution is 5.82. The van der Waals surface area contributed by atoms with Gasteiger partial charge in [0.25, 0.3) is 0 Å². The van der Waals surface area contributed by atoms with Crippen molar-refractivity contribution >= 4 is 11.9 Å². The van der Waals surface area contributed by atoms with E-state index < -0.39 is 12.0 Å². The lowest BCUT2D eigenvalue weighted by Gasteiger charge is -2.31.